The molecular formula is C30H22F4. The van der Waals surface area contributed by atoms with Crippen LogP contribution in [0.2, 0.25) is 0 Å². The van der Waals surface area contributed by atoms with Crippen LogP contribution in [-0.4, -0.2) is 0 Å². The summed E-state index contributed by atoms with van der Waals surface area (Å²) in [6, 6.07) is 17.7. The highest BCUT2D eigenvalue weighted by molar-refractivity contribution is 5.84. The van der Waals surface area contributed by atoms with Gasteiger partial charge in [0.05, 0.1) is 5.56 Å². The van der Waals surface area contributed by atoms with Crippen LogP contribution in [0.3, 0.4) is 0 Å². The summed E-state index contributed by atoms with van der Waals surface area (Å²) >= 11 is 0. The fourth-order valence-corrected chi connectivity index (χ4v) is 3.77. The largest absolute Gasteiger partial charge is 0.206 e. The highest BCUT2D eigenvalue weighted by atomic mass is 19.2. The molecule has 0 unspecified atom stereocenters. The third kappa shape index (κ3) is 5.55. The lowest BCUT2D eigenvalue weighted by Gasteiger charge is -2.06. The van der Waals surface area contributed by atoms with E-state index in [2.05, 4.69) is 30.6 Å². The highest BCUT2D eigenvalue weighted by Crippen LogP contribution is 2.21. The van der Waals surface area contributed by atoms with Crippen molar-refractivity contribution in [2.45, 2.75) is 25.7 Å². The van der Waals surface area contributed by atoms with Gasteiger partial charge in [-0.1, -0.05) is 48.2 Å². The summed E-state index contributed by atoms with van der Waals surface area (Å²) in [7, 11) is 0. The van der Waals surface area contributed by atoms with Crippen molar-refractivity contribution in [3.8, 4) is 11.8 Å². The zero-order chi connectivity index (χ0) is 24.1. The lowest BCUT2D eigenvalue weighted by atomic mass is 10.0. The van der Waals surface area contributed by atoms with Crippen LogP contribution in [0.25, 0.3) is 10.8 Å². The van der Waals surface area contributed by atoms with Crippen molar-refractivity contribution in [3.63, 3.8) is 0 Å². The molecular weight excluding hydrogens is 436 g/mol. The van der Waals surface area contributed by atoms with Crippen LogP contribution in [-0.2, 0) is 19.3 Å². The molecule has 0 N–H and O–H groups in total. The minimum atomic E-state index is -0.964. The van der Waals surface area contributed by atoms with Crippen molar-refractivity contribution in [2.75, 3.05) is 0 Å². The number of fused-ring (bicyclic) bond motifs is 1. The predicted octanol–water partition coefficient (Wildman–Crippen LogP) is 7.70. The molecule has 0 saturated carbocycles. The second-order valence-electron chi connectivity index (χ2n) is 8.16. The van der Waals surface area contributed by atoms with Gasteiger partial charge in [0.15, 0.2) is 11.6 Å². The minimum Gasteiger partial charge on any atom is -0.206 e. The standard InChI is InChI=1S/C30H22F4/c1-2-3-4-20-5-7-21(8-6-20)9-10-23-16-27(31)26(28(32)17-23)14-12-22-11-13-24-18-29(33)30(34)19-25(24)15-22/h2,5-8,11,13,15-19H,1,3-4,9-10H2. The molecule has 0 atom stereocenters. The van der Waals surface area contributed by atoms with Crippen LogP contribution in [0, 0.1) is 35.1 Å². The maximum absolute atomic E-state index is 14.6. The van der Waals surface area contributed by atoms with Crippen LogP contribution in [0.4, 0.5) is 17.6 Å². The molecule has 0 aliphatic heterocycles. The number of benzene rings is 4. The summed E-state index contributed by atoms with van der Waals surface area (Å²) in [5, 5.41) is 0.966. The van der Waals surface area contributed by atoms with E-state index in [4.69, 9.17) is 0 Å². The van der Waals surface area contributed by atoms with Crippen LogP contribution in [0.15, 0.2) is 79.4 Å². The van der Waals surface area contributed by atoms with Gasteiger partial charge in [-0.05, 0) is 89.5 Å². The van der Waals surface area contributed by atoms with Gasteiger partial charge in [-0.15, -0.1) is 6.58 Å². The summed E-state index contributed by atoms with van der Waals surface area (Å²) in [6.07, 6.45) is 4.92. The van der Waals surface area contributed by atoms with Gasteiger partial charge in [-0.25, -0.2) is 17.6 Å². The summed E-state index contributed by atoms with van der Waals surface area (Å²) in [4.78, 5) is 0. The molecule has 0 aromatic heterocycles. The van der Waals surface area contributed by atoms with Crippen LogP contribution in [0.5, 0.6) is 0 Å². The molecule has 4 aromatic rings. The summed E-state index contributed by atoms with van der Waals surface area (Å²) in [6.45, 7) is 3.73. The number of allylic oxidation sites excluding steroid dienone is 1. The average Bonchev–Trinajstić information content (AvgIpc) is 2.82. The Labute approximate surface area is 196 Å². The third-order valence-corrected chi connectivity index (χ3v) is 5.68. The van der Waals surface area contributed by atoms with Crippen molar-refractivity contribution in [1.29, 1.82) is 0 Å². The molecule has 0 heterocycles. The molecule has 0 amide bonds. The molecule has 4 aromatic carbocycles. The molecule has 4 heteroatoms. The van der Waals surface area contributed by atoms with Crippen LogP contribution >= 0.6 is 0 Å². The molecule has 0 fully saturated rings. The van der Waals surface area contributed by atoms with E-state index in [0.717, 1.165) is 30.5 Å². The Balaban J connectivity index is 1.48. The fraction of sp³-hybridized carbons (Fsp3) is 0.133. The van der Waals surface area contributed by atoms with Gasteiger partial charge >= 0.3 is 0 Å². The lowest BCUT2D eigenvalue weighted by molar-refractivity contribution is 0.511. The lowest BCUT2D eigenvalue weighted by Crippen LogP contribution is -1.98. The van der Waals surface area contributed by atoms with Gasteiger partial charge in [-0.3, -0.25) is 0 Å². The second kappa shape index (κ2) is 10.4. The Kier molecular flexibility index (Phi) is 7.13. The van der Waals surface area contributed by atoms with E-state index in [0.29, 0.717) is 34.7 Å². The minimum absolute atomic E-state index is 0.319. The quantitative estimate of drug-likeness (QED) is 0.158. The number of hydrogen-bond donors (Lipinski definition) is 0. The average molecular weight is 458 g/mol. The molecule has 4 rings (SSSR count). The van der Waals surface area contributed by atoms with Crippen LogP contribution < -0.4 is 0 Å². The Morgan fingerprint density at radius 2 is 1.18 bits per heavy atom. The fourth-order valence-electron chi connectivity index (χ4n) is 3.77. The Bertz CT molecular complexity index is 1380. The van der Waals surface area contributed by atoms with Gasteiger partial charge in [0.2, 0.25) is 0 Å². The monoisotopic (exact) mass is 458 g/mol. The molecule has 0 radical (unpaired) electrons. The van der Waals surface area contributed by atoms with E-state index in [1.54, 1.807) is 18.2 Å². The zero-order valence-corrected chi connectivity index (χ0v) is 18.5. The smallest absolute Gasteiger partial charge is 0.159 e. The molecule has 0 aliphatic rings. The molecule has 0 spiro atoms. The predicted molar refractivity (Wildman–Crippen MR) is 129 cm³/mol. The third-order valence-electron chi connectivity index (χ3n) is 5.68. The summed E-state index contributed by atoms with van der Waals surface area (Å²) < 4.78 is 56.1. The first kappa shape index (κ1) is 23.3. The Morgan fingerprint density at radius 3 is 1.82 bits per heavy atom. The van der Waals surface area contributed by atoms with E-state index >= 15 is 0 Å². The normalized spacial score (nSPS) is 10.7. The number of aryl methyl sites for hydroxylation is 3. The van der Waals surface area contributed by atoms with Crippen molar-refractivity contribution in [1.82, 2.24) is 0 Å². The molecule has 34 heavy (non-hydrogen) atoms. The molecule has 0 aliphatic carbocycles. The van der Waals surface area contributed by atoms with Gasteiger partial charge in [0, 0.05) is 5.56 Å². The van der Waals surface area contributed by atoms with Gasteiger partial charge in [0.1, 0.15) is 11.6 Å². The maximum Gasteiger partial charge on any atom is 0.159 e. The van der Waals surface area contributed by atoms with E-state index in [9.17, 15) is 17.6 Å². The van der Waals surface area contributed by atoms with Crippen molar-refractivity contribution < 1.29 is 17.6 Å². The van der Waals surface area contributed by atoms with E-state index in [1.165, 1.54) is 17.7 Å². The van der Waals surface area contributed by atoms with Gasteiger partial charge in [-0.2, -0.15) is 0 Å². The topological polar surface area (TPSA) is 0 Å². The zero-order valence-electron chi connectivity index (χ0n) is 18.5. The molecule has 170 valence electrons. The van der Waals surface area contributed by atoms with Gasteiger partial charge in [0.25, 0.3) is 0 Å². The van der Waals surface area contributed by atoms with E-state index in [1.807, 2.05) is 18.2 Å². The van der Waals surface area contributed by atoms with Crippen molar-refractivity contribution >= 4 is 10.8 Å². The Morgan fingerprint density at radius 1 is 0.588 bits per heavy atom. The number of halogens is 4. The van der Waals surface area contributed by atoms with Crippen molar-refractivity contribution in [2.24, 2.45) is 0 Å². The number of hydrogen-bond acceptors (Lipinski definition) is 0. The first-order valence-corrected chi connectivity index (χ1v) is 11.0. The Hall–Kier alpha value is -3.84. The summed E-state index contributed by atoms with van der Waals surface area (Å²) in [5.74, 6) is 1.90. The molecule has 0 nitrogen and oxygen atoms in total. The van der Waals surface area contributed by atoms with Gasteiger partial charge < -0.3 is 0 Å². The number of rotatable bonds is 6. The highest BCUT2D eigenvalue weighted by Gasteiger charge is 2.10. The maximum atomic E-state index is 14.6. The van der Waals surface area contributed by atoms with Crippen molar-refractivity contribution in [3.05, 3.63) is 130 Å². The summed E-state index contributed by atoms with van der Waals surface area (Å²) in [5.41, 5.74) is 3.00. The first-order chi connectivity index (χ1) is 16.4. The molecule has 0 bridgehead atoms. The van der Waals surface area contributed by atoms with Crippen LogP contribution in [0.1, 0.15) is 34.2 Å². The SMILES string of the molecule is C=CCCc1ccc(CCc2cc(F)c(C#Cc3ccc4cc(F)c(F)cc4c3)c(F)c2)cc1. The second-order valence-corrected chi connectivity index (χ2v) is 8.16. The van der Waals surface area contributed by atoms with E-state index < -0.39 is 23.3 Å². The molecule has 0 saturated heterocycles. The van der Waals surface area contributed by atoms with E-state index in [-0.39, 0.29) is 5.56 Å². The first-order valence-electron chi connectivity index (χ1n) is 11.0.